The van der Waals surface area contributed by atoms with Gasteiger partial charge in [0, 0.05) is 23.4 Å². The Bertz CT molecular complexity index is 498. The molecule has 22 heavy (non-hydrogen) atoms. The molecule has 1 aromatic rings. The second kappa shape index (κ2) is 8.09. The number of fused-ring (bicyclic) bond motifs is 1. The van der Waals surface area contributed by atoms with Gasteiger partial charge < -0.3 is 15.2 Å². The number of rotatable bonds is 7. The van der Waals surface area contributed by atoms with Crippen molar-refractivity contribution < 1.29 is 14.6 Å². The lowest BCUT2D eigenvalue weighted by Gasteiger charge is -2.19. The van der Waals surface area contributed by atoms with Crippen LogP contribution in [0.15, 0.2) is 5.38 Å². The third-order valence-corrected chi connectivity index (χ3v) is 4.96. The largest absolute Gasteiger partial charge is 0.389 e. The molecule has 1 aromatic heterocycles. The molecule has 0 saturated heterocycles. The SMILES string of the molecule is CC(C)COCC(O)CNC(=O)c1csc2c1CCC(C)C2. The molecule has 124 valence electrons. The first kappa shape index (κ1) is 17.4. The number of hydrogen-bond acceptors (Lipinski definition) is 4. The molecule has 2 atom stereocenters. The van der Waals surface area contributed by atoms with Crippen LogP contribution < -0.4 is 5.32 Å². The van der Waals surface area contributed by atoms with Crippen LogP contribution >= 0.6 is 11.3 Å². The molecule has 0 bridgehead atoms. The number of thiophene rings is 1. The molecule has 0 fully saturated rings. The zero-order valence-electron chi connectivity index (χ0n) is 13.7. The first-order chi connectivity index (χ1) is 10.5. The van der Waals surface area contributed by atoms with Crippen molar-refractivity contribution in [1.82, 2.24) is 5.32 Å². The Labute approximate surface area is 136 Å². The van der Waals surface area contributed by atoms with E-state index >= 15 is 0 Å². The summed E-state index contributed by atoms with van der Waals surface area (Å²) in [7, 11) is 0. The number of hydrogen-bond donors (Lipinski definition) is 2. The molecule has 0 radical (unpaired) electrons. The highest BCUT2D eigenvalue weighted by Gasteiger charge is 2.23. The topological polar surface area (TPSA) is 58.6 Å². The smallest absolute Gasteiger partial charge is 0.252 e. The van der Waals surface area contributed by atoms with E-state index in [1.54, 1.807) is 11.3 Å². The summed E-state index contributed by atoms with van der Waals surface area (Å²) in [6.07, 6.45) is 2.56. The van der Waals surface area contributed by atoms with Gasteiger partial charge in [-0.25, -0.2) is 0 Å². The molecular formula is C17H27NO3S. The molecule has 5 heteroatoms. The standard InChI is InChI=1S/C17H27NO3S/c1-11(2)8-21-9-13(19)7-18-17(20)15-10-22-16-6-12(3)4-5-14(15)16/h10-13,19H,4-9H2,1-3H3,(H,18,20). The molecule has 2 N–H and O–H groups in total. The maximum atomic E-state index is 12.3. The Kier molecular flexibility index (Phi) is 6.41. The number of carbonyl (C=O) groups is 1. The van der Waals surface area contributed by atoms with Crippen molar-refractivity contribution in [2.45, 2.75) is 46.1 Å². The van der Waals surface area contributed by atoms with Gasteiger partial charge in [-0.2, -0.15) is 0 Å². The highest BCUT2D eigenvalue weighted by molar-refractivity contribution is 7.10. The third kappa shape index (κ3) is 4.80. The number of carbonyl (C=O) groups excluding carboxylic acids is 1. The van der Waals surface area contributed by atoms with Crippen LogP contribution in [-0.2, 0) is 17.6 Å². The zero-order valence-corrected chi connectivity index (χ0v) is 14.5. The van der Waals surface area contributed by atoms with E-state index in [4.69, 9.17) is 4.74 Å². The van der Waals surface area contributed by atoms with Gasteiger partial charge in [0.15, 0.2) is 0 Å². The van der Waals surface area contributed by atoms with Gasteiger partial charge in [-0.3, -0.25) is 4.79 Å². The molecule has 1 amide bonds. The van der Waals surface area contributed by atoms with Gasteiger partial charge in [0.25, 0.3) is 5.91 Å². The van der Waals surface area contributed by atoms with Gasteiger partial charge in [0.2, 0.25) is 0 Å². The van der Waals surface area contributed by atoms with E-state index < -0.39 is 6.10 Å². The van der Waals surface area contributed by atoms with E-state index in [1.165, 1.54) is 10.4 Å². The van der Waals surface area contributed by atoms with Crippen LogP contribution in [0.25, 0.3) is 0 Å². The predicted molar refractivity (Wildman–Crippen MR) is 89.5 cm³/mol. The summed E-state index contributed by atoms with van der Waals surface area (Å²) < 4.78 is 5.38. The Balaban J connectivity index is 1.80. The summed E-state index contributed by atoms with van der Waals surface area (Å²) in [6, 6.07) is 0. The van der Waals surface area contributed by atoms with Crippen LogP contribution in [0, 0.1) is 11.8 Å². The zero-order chi connectivity index (χ0) is 16.1. The summed E-state index contributed by atoms with van der Waals surface area (Å²) in [5, 5.41) is 14.6. The Morgan fingerprint density at radius 1 is 1.50 bits per heavy atom. The number of aliphatic hydroxyl groups excluding tert-OH is 1. The second-order valence-electron chi connectivity index (χ2n) is 6.69. The van der Waals surface area contributed by atoms with Crippen molar-refractivity contribution >= 4 is 17.2 Å². The van der Waals surface area contributed by atoms with Crippen LogP contribution in [0.3, 0.4) is 0 Å². The van der Waals surface area contributed by atoms with Gasteiger partial charge in [-0.05, 0) is 36.7 Å². The summed E-state index contributed by atoms with van der Waals surface area (Å²) in [5.74, 6) is 1.08. The first-order valence-electron chi connectivity index (χ1n) is 8.10. The van der Waals surface area contributed by atoms with Crippen LogP contribution in [0.5, 0.6) is 0 Å². The average molecular weight is 325 g/mol. The maximum absolute atomic E-state index is 12.3. The van der Waals surface area contributed by atoms with E-state index in [9.17, 15) is 9.90 Å². The fourth-order valence-corrected chi connectivity index (χ4v) is 3.92. The molecule has 2 unspecified atom stereocenters. The van der Waals surface area contributed by atoms with Gasteiger partial charge in [-0.1, -0.05) is 20.8 Å². The lowest BCUT2D eigenvalue weighted by atomic mass is 9.88. The molecule has 1 heterocycles. The third-order valence-electron chi connectivity index (χ3n) is 3.91. The fraction of sp³-hybridized carbons (Fsp3) is 0.706. The second-order valence-corrected chi connectivity index (χ2v) is 7.66. The molecule has 4 nitrogen and oxygen atoms in total. The highest BCUT2D eigenvalue weighted by atomic mass is 32.1. The van der Waals surface area contributed by atoms with Crippen LogP contribution in [-0.4, -0.2) is 36.9 Å². The van der Waals surface area contributed by atoms with E-state index in [0.717, 1.165) is 24.8 Å². The normalized spacial score (nSPS) is 19.0. The van der Waals surface area contributed by atoms with Crippen molar-refractivity contribution in [3.63, 3.8) is 0 Å². The summed E-state index contributed by atoms with van der Waals surface area (Å²) in [6.45, 7) is 7.51. The molecule has 2 rings (SSSR count). The van der Waals surface area contributed by atoms with Gasteiger partial charge in [0.1, 0.15) is 0 Å². The summed E-state index contributed by atoms with van der Waals surface area (Å²) >= 11 is 1.69. The molecule has 0 saturated carbocycles. The molecule has 0 aliphatic heterocycles. The predicted octanol–water partition coefficient (Wildman–Crippen LogP) is 2.64. The van der Waals surface area contributed by atoms with Crippen molar-refractivity contribution in [3.05, 3.63) is 21.4 Å². The number of aliphatic hydroxyl groups is 1. The Morgan fingerprint density at radius 3 is 3.00 bits per heavy atom. The minimum Gasteiger partial charge on any atom is -0.389 e. The van der Waals surface area contributed by atoms with Crippen LogP contribution in [0.1, 0.15) is 48.0 Å². The van der Waals surface area contributed by atoms with Crippen molar-refractivity contribution in [3.8, 4) is 0 Å². The van der Waals surface area contributed by atoms with Crippen LogP contribution in [0.2, 0.25) is 0 Å². The van der Waals surface area contributed by atoms with E-state index in [-0.39, 0.29) is 19.1 Å². The van der Waals surface area contributed by atoms with Gasteiger partial charge in [0.05, 0.1) is 18.3 Å². The molecule has 1 aliphatic carbocycles. The lowest BCUT2D eigenvalue weighted by Crippen LogP contribution is -2.35. The Morgan fingerprint density at radius 2 is 2.27 bits per heavy atom. The van der Waals surface area contributed by atoms with Crippen LogP contribution in [0.4, 0.5) is 0 Å². The van der Waals surface area contributed by atoms with E-state index in [1.807, 2.05) is 5.38 Å². The Hall–Kier alpha value is -0.910. The minimum atomic E-state index is -0.655. The summed E-state index contributed by atoms with van der Waals surface area (Å²) in [5.41, 5.74) is 2.01. The van der Waals surface area contributed by atoms with Crippen molar-refractivity contribution in [1.29, 1.82) is 0 Å². The number of amides is 1. The lowest BCUT2D eigenvalue weighted by molar-refractivity contribution is 0.0259. The number of nitrogens with one attached hydrogen (secondary N) is 1. The first-order valence-corrected chi connectivity index (χ1v) is 8.98. The van der Waals surface area contributed by atoms with Gasteiger partial charge in [-0.15, -0.1) is 11.3 Å². The summed E-state index contributed by atoms with van der Waals surface area (Å²) in [4.78, 5) is 13.6. The van der Waals surface area contributed by atoms with Crippen molar-refractivity contribution in [2.24, 2.45) is 11.8 Å². The number of ether oxygens (including phenoxy) is 1. The average Bonchev–Trinajstić information content (AvgIpc) is 2.87. The van der Waals surface area contributed by atoms with Crippen molar-refractivity contribution in [2.75, 3.05) is 19.8 Å². The molecule has 1 aliphatic rings. The molecule has 0 spiro atoms. The van der Waals surface area contributed by atoms with Gasteiger partial charge >= 0.3 is 0 Å². The molecule has 0 aromatic carbocycles. The molecular weight excluding hydrogens is 298 g/mol. The highest BCUT2D eigenvalue weighted by Crippen LogP contribution is 2.32. The monoisotopic (exact) mass is 325 g/mol. The fourth-order valence-electron chi connectivity index (χ4n) is 2.67. The quantitative estimate of drug-likeness (QED) is 0.810. The minimum absolute atomic E-state index is 0.0741. The maximum Gasteiger partial charge on any atom is 0.252 e. The van der Waals surface area contributed by atoms with E-state index in [2.05, 4.69) is 26.1 Å². The van der Waals surface area contributed by atoms with E-state index in [0.29, 0.717) is 18.4 Å².